The van der Waals surface area contributed by atoms with Gasteiger partial charge in [0.25, 0.3) is 0 Å². The third kappa shape index (κ3) is 8.28. The normalized spacial score (nSPS) is 23.4. The van der Waals surface area contributed by atoms with Crippen LogP contribution in [-0.4, -0.2) is 100 Å². The second-order valence-corrected chi connectivity index (χ2v) is 8.96. The molecule has 3 rings (SSSR count). The van der Waals surface area contributed by atoms with E-state index in [2.05, 4.69) is 22.0 Å². The van der Waals surface area contributed by atoms with Gasteiger partial charge in [-0.1, -0.05) is 19.3 Å². The van der Waals surface area contributed by atoms with E-state index in [1.54, 1.807) is 7.11 Å². The van der Waals surface area contributed by atoms with Crippen LogP contribution in [0.2, 0.25) is 0 Å². The molecule has 0 amide bonds. The SMILES string of the molecule is CCNC(=NCC1(N2CCOCC2)CCCCC1)N1CCC(OCCCOC)CC1.I. The average Bonchev–Trinajstić information content (AvgIpc) is 2.81. The Labute approximate surface area is 206 Å². The zero-order valence-electron chi connectivity index (χ0n) is 19.8. The molecule has 0 aromatic rings. The van der Waals surface area contributed by atoms with Crippen molar-refractivity contribution in [3.05, 3.63) is 0 Å². The molecule has 2 saturated heterocycles. The van der Waals surface area contributed by atoms with Crippen molar-refractivity contribution in [3.63, 3.8) is 0 Å². The Balaban J connectivity index is 0.00000341. The smallest absolute Gasteiger partial charge is 0.193 e. The van der Waals surface area contributed by atoms with Crippen LogP contribution >= 0.6 is 24.0 Å². The third-order valence-corrected chi connectivity index (χ3v) is 6.91. The van der Waals surface area contributed by atoms with E-state index in [9.17, 15) is 0 Å². The van der Waals surface area contributed by atoms with E-state index in [0.717, 1.165) is 90.9 Å². The molecule has 0 aromatic carbocycles. The number of nitrogens with zero attached hydrogens (tertiary/aromatic N) is 3. The number of morpholine rings is 1. The van der Waals surface area contributed by atoms with Gasteiger partial charge in [-0.3, -0.25) is 9.89 Å². The molecule has 1 aliphatic carbocycles. The summed E-state index contributed by atoms with van der Waals surface area (Å²) < 4.78 is 16.8. The average molecular weight is 553 g/mol. The molecule has 7 nitrogen and oxygen atoms in total. The molecule has 3 aliphatic rings. The van der Waals surface area contributed by atoms with Gasteiger partial charge in [-0.2, -0.15) is 0 Å². The maximum absolute atomic E-state index is 6.04. The van der Waals surface area contributed by atoms with Gasteiger partial charge < -0.3 is 24.4 Å². The molecule has 3 fully saturated rings. The van der Waals surface area contributed by atoms with Crippen molar-refractivity contribution in [3.8, 4) is 0 Å². The number of halogens is 1. The third-order valence-electron chi connectivity index (χ3n) is 6.91. The minimum Gasteiger partial charge on any atom is -0.385 e. The molecule has 0 radical (unpaired) electrons. The molecule has 31 heavy (non-hydrogen) atoms. The van der Waals surface area contributed by atoms with E-state index >= 15 is 0 Å². The number of aliphatic imine (C=N–C) groups is 1. The molecule has 0 bridgehead atoms. The van der Waals surface area contributed by atoms with Crippen LogP contribution in [0, 0.1) is 0 Å². The lowest BCUT2D eigenvalue weighted by molar-refractivity contribution is -0.0334. The summed E-state index contributed by atoms with van der Waals surface area (Å²) in [4.78, 5) is 10.3. The van der Waals surface area contributed by atoms with Crippen molar-refractivity contribution in [1.29, 1.82) is 0 Å². The number of nitrogens with one attached hydrogen (secondary N) is 1. The zero-order valence-corrected chi connectivity index (χ0v) is 22.1. The molecular formula is C23H45IN4O3. The van der Waals surface area contributed by atoms with Crippen LogP contribution in [0.3, 0.4) is 0 Å². The van der Waals surface area contributed by atoms with E-state index in [4.69, 9.17) is 19.2 Å². The van der Waals surface area contributed by atoms with Crippen molar-refractivity contribution < 1.29 is 14.2 Å². The highest BCUT2D eigenvalue weighted by atomic mass is 127. The maximum atomic E-state index is 6.04. The summed E-state index contributed by atoms with van der Waals surface area (Å²) in [5, 5.41) is 3.56. The summed E-state index contributed by atoms with van der Waals surface area (Å²) in [6.45, 7) is 11.4. The van der Waals surface area contributed by atoms with Crippen LogP contribution in [0.25, 0.3) is 0 Å². The number of guanidine groups is 1. The molecule has 0 spiro atoms. The van der Waals surface area contributed by atoms with Crippen molar-refractivity contribution in [1.82, 2.24) is 15.1 Å². The number of rotatable bonds is 9. The van der Waals surface area contributed by atoms with Gasteiger partial charge in [0.05, 0.1) is 25.9 Å². The molecule has 2 aliphatic heterocycles. The summed E-state index contributed by atoms with van der Waals surface area (Å²) in [6.07, 6.45) is 10.1. The van der Waals surface area contributed by atoms with Gasteiger partial charge in [0.2, 0.25) is 0 Å². The van der Waals surface area contributed by atoms with Crippen LogP contribution in [0.1, 0.15) is 58.3 Å². The first-order valence-electron chi connectivity index (χ1n) is 12.2. The fourth-order valence-electron chi connectivity index (χ4n) is 5.16. The zero-order chi connectivity index (χ0) is 21.1. The van der Waals surface area contributed by atoms with Gasteiger partial charge in [0, 0.05) is 58.6 Å². The molecule has 2 heterocycles. The minimum atomic E-state index is 0. The van der Waals surface area contributed by atoms with Gasteiger partial charge in [-0.05, 0) is 39.0 Å². The summed E-state index contributed by atoms with van der Waals surface area (Å²) in [5.41, 5.74) is 0.228. The largest absolute Gasteiger partial charge is 0.385 e. The first kappa shape index (κ1) is 27.1. The standard InChI is InChI=1S/C23H44N4O3.HI/c1-3-24-22(26-12-8-21(9-13-26)30-17-7-16-28-2)25-20-23(10-5-4-6-11-23)27-14-18-29-19-15-27;/h21H,3-20H2,1-2H3,(H,24,25);1H. The molecular weight excluding hydrogens is 507 g/mol. The van der Waals surface area contributed by atoms with Crippen LogP contribution < -0.4 is 5.32 Å². The Hall–Kier alpha value is -0.160. The fraction of sp³-hybridized carbons (Fsp3) is 0.957. The van der Waals surface area contributed by atoms with Gasteiger partial charge in [0.15, 0.2) is 5.96 Å². The molecule has 1 saturated carbocycles. The van der Waals surface area contributed by atoms with Crippen molar-refractivity contribution >= 4 is 29.9 Å². The second kappa shape index (κ2) is 14.9. The fourth-order valence-corrected chi connectivity index (χ4v) is 5.16. The Bertz CT molecular complexity index is 503. The highest BCUT2D eigenvalue weighted by Gasteiger charge is 2.38. The second-order valence-electron chi connectivity index (χ2n) is 8.96. The first-order chi connectivity index (χ1) is 14.8. The number of ether oxygens (including phenoxy) is 3. The lowest BCUT2D eigenvalue weighted by atomic mass is 9.80. The van der Waals surface area contributed by atoms with E-state index in [1.807, 2.05) is 0 Å². The summed E-state index contributed by atoms with van der Waals surface area (Å²) in [6, 6.07) is 0. The quantitative estimate of drug-likeness (QED) is 0.205. The van der Waals surface area contributed by atoms with E-state index in [-0.39, 0.29) is 29.5 Å². The van der Waals surface area contributed by atoms with E-state index in [0.29, 0.717) is 6.10 Å². The summed E-state index contributed by atoms with van der Waals surface area (Å²) in [5.74, 6) is 1.09. The van der Waals surface area contributed by atoms with Gasteiger partial charge in [-0.15, -0.1) is 24.0 Å². The van der Waals surface area contributed by atoms with Crippen molar-refractivity contribution in [2.45, 2.75) is 69.9 Å². The lowest BCUT2D eigenvalue weighted by Crippen LogP contribution is -2.57. The molecule has 0 atom stereocenters. The molecule has 0 unspecified atom stereocenters. The summed E-state index contributed by atoms with van der Waals surface area (Å²) in [7, 11) is 1.75. The molecule has 0 aromatic heterocycles. The highest BCUT2D eigenvalue weighted by molar-refractivity contribution is 14.0. The Morgan fingerprint density at radius 2 is 1.77 bits per heavy atom. The van der Waals surface area contributed by atoms with Gasteiger partial charge in [-0.25, -0.2) is 0 Å². The van der Waals surface area contributed by atoms with E-state index in [1.165, 1.54) is 32.1 Å². The van der Waals surface area contributed by atoms with Crippen LogP contribution in [-0.2, 0) is 14.2 Å². The lowest BCUT2D eigenvalue weighted by Gasteiger charge is -2.47. The number of likely N-dealkylation sites (tertiary alicyclic amines) is 1. The number of hydrogen-bond donors (Lipinski definition) is 1. The predicted octanol–water partition coefficient (Wildman–Crippen LogP) is 3.12. The summed E-state index contributed by atoms with van der Waals surface area (Å²) >= 11 is 0. The topological polar surface area (TPSA) is 58.6 Å². The number of methoxy groups -OCH3 is 1. The van der Waals surface area contributed by atoms with Crippen molar-refractivity contribution in [2.75, 3.05) is 72.8 Å². The molecule has 1 N–H and O–H groups in total. The van der Waals surface area contributed by atoms with Crippen LogP contribution in [0.4, 0.5) is 0 Å². The predicted molar refractivity (Wildman–Crippen MR) is 137 cm³/mol. The molecule has 182 valence electrons. The molecule has 8 heteroatoms. The maximum Gasteiger partial charge on any atom is 0.193 e. The number of hydrogen-bond acceptors (Lipinski definition) is 5. The Morgan fingerprint density at radius 3 is 2.42 bits per heavy atom. The van der Waals surface area contributed by atoms with Gasteiger partial charge in [0.1, 0.15) is 0 Å². The monoisotopic (exact) mass is 552 g/mol. The highest BCUT2D eigenvalue weighted by Crippen LogP contribution is 2.34. The van der Waals surface area contributed by atoms with Crippen LogP contribution in [0.15, 0.2) is 4.99 Å². The van der Waals surface area contributed by atoms with Crippen LogP contribution in [0.5, 0.6) is 0 Å². The number of piperidine rings is 1. The van der Waals surface area contributed by atoms with E-state index < -0.39 is 0 Å². The van der Waals surface area contributed by atoms with Gasteiger partial charge >= 0.3 is 0 Å². The minimum absolute atomic E-state index is 0. The first-order valence-corrected chi connectivity index (χ1v) is 12.2. The van der Waals surface area contributed by atoms with Crippen molar-refractivity contribution in [2.24, 2.45) is 4.99 Å². The Morgan fingerprint density at radius 1 is 1.06 bits per heavy atom. The Kier molecular flexibility index (Phi) is 13.0.